The summed E-state index contributed by atoms with van der Waals surface area (Å²) in [4.78, 5) is 12.5. The van der Waals surface area contributed by atoms with Gasteiger partial charge < -0.3 is 0 Å². The molecule has 9 heteroatoms. The fraction of sp³-hybridized carbons (Fsp3) is 0.0909. The molecule has 0 aliphatic heterocycles. The summed E-state index contributed by atoms with van der Waals surface area (Å²) in [7, 11) is -4.20. The van der Waals surface area contributed by atoms with Gasteiger partial charge in [-0.3, -0.25) is 9.10 Å². The van der Waals surface area contributed by atoms with Crippen molar-refractivity contribution in [3.63, 3.8) is 0 Å². The molecule has 0 unspecified atom stereocenters. The van der Waals surface area contributed by atoms with Crippen molar-refractivity contribution in [1.82, 2.24) is 5.43 Å². The molecular formula is C22H19ClFN3O3S. The van der Waals surface area contributed by atoms with Gasteiger partial charge in [0, 0.05) is 5.02 Å². The maximum Gasteiger partial charge on any atom is 0.264 e. The number of halogens is 2. The summed E-state index contributed by atoms with van der Waals surface area (Å²) in [6.07, 6.45) is 0. The van der Waals surface area contributed by atoms with Crippen molar-refractivity contribution in [2.24, 2.45) is 5.10 Å². The van der Waals surface area contributed by atoms with Gasteiger partial charge in [-0.05, 0) is 48.9 Å². The third-order valence-electron chi connectivity index (χ3n) is 4.35. The number of anilines is 1. The van der Waals surface area contributed by atoms with Crippen molar-refractivity contribution in [2.45, 2.75) is 11.8 Å². The van der Waals surface area contributed by atoms with E-state index in [1.807, 2.05) is 0 Å². The number of hydrogen-bond acceptors (Lipinski definition) is 4. The number of hydrogen-bond donors (Lipinski definition) is 1. The molecule has 0 atom stereocenters. The van der Waals surface area contributed by atoms with E-state index in [2.05, 4.69) is 10.5 Å². The number of rotatable bonds is 7. The normalized spacial score (nSPS) is 11.8. The van der Waals surface area contributed by atoms with Crippen molar-refractivity contribution >= 4 is 38.9 Å². The quantitative estimate of drug-likeness (QED) is 0.424. The van der Waals surface area contributed by atoms with E-state index in [-0.39, 0.29) is 10.6 Å². The SMILES string of the molecule is C/C(=N/NC(=O)CN(c1ccccc1F)S(=O)(=O)c1ccccc1)c1ccc(Cl)cc1. The van der Waals surface area contributed by atoms with Crippen molar-refractivity contribution in [3.8, 4) is 0 Å². The van der Waals surface area contributed by atoms with Crippen LogP contribution in [0.5, 0.6) is 0 Å². The van der Waals surface area contributed by atoms with Gasteiger partial charge in [0.15, 0.2) is 0 Å². The highest BCUT2D eigenvalue weighted by molar-refractivity contribution is 7.92. The third kappa shape index (κ3) is 5.48. The molecule has 0 aliphatic carbocycles. The summed E-state index contributed by atoms with van der Waals surface area (Å²) in [6.45, 7) is 1.02. The first-order valence-corrected chi connectivity index (χ1v) is 11.0. The summed E-state index contributed by atoms with van der Waals surface area (Å²) in [5.74, 6) is -1.49. The Morgan fingerprint density at radius 2 is 1.61 bits per heavy atom. The van der Waals surface area contributed by atoms with Crippen LogP contribution in [0.1, 0.15) is 12.5 Å². The summed E-state index contributed by atoms with van der Waals surface area (Å²) < 4.78 is 41.4. The zero-order valence-electron chi connectivity index (χ0n) is 16.5. The van der Waals surface area contributed by atoms with Crippen LogP contribution in [0.4, 0.5) is 10.1 Å². The standard InChI is InChI=1S/C22H19ClFN3O3S/c1-16(17-11-13-18(23)14-12-17)25-26-22(28)15-27(21-10-6-5-9-20(21)24)31(29,30)19-7-3-2-4-8-19/h2-14H,15H2,1H3,(H,26,28)/b25-16-. The number of nitrogens with one attached hydrogen (secondary N) is 1. The van der Waals surface area contributed by atoms with E-state index in [4.69, 9.17) is 11.6 Å². The lowest BCUT2D eigenvalue weighted by Crippen LogP contribution is -2.40. The third-order valence-corrected chi connectivity index (χ3v) is 6.38. The lowest BCUT2D eigenvalue weighted by molar-refractivity contribution is -0.119. The van der Waals surface area contributed by atoms with Crippen molar-refractivity contribution in [3.05, 3.63) is 95.3 Å². The van der Waals surface area contributed by atoms with Crippen LogP contribution in [0.3, 0.4) is 0 Å². The molecule has 6 nitrogen and oxygen atoms in total. The number of hydrazone groups is 1. The molecule has 0 saturated carbocycles. The number of nitrogens with zero attached hydrogens (tertiary/aromatic N) is 2. The maximum absolute atomic E-state index is 14.4. The van der Waals surface area contributed by atoms with Crippen LogP contribution in [0.25, 0.3) is 0 Å². The summed E-state index contributed by atoms with van der Waals surface area (Å²) in [5, 5.41) is 4.57. The molecule has 0 spiro atoms. The van der Waals surface area contributed by atoms with Crippen LogP contribution < -0.4 is 9.73 Å². The van der Waals surface area contributed by atoms with Gasteiger partial charge in [0.1, 0.15) is 12.4 Å². The molecule has 0 bridgehead atoms. The van der Waals surface area contributed by atoms with E-state index in [1.54, 1.807) is 49.4 Å². The molecule has 0 saturated heterocycles. The number of sulfonamides is 1. The minimum absolute atomic E-state index is 0.0631. The monoisotopic (exact) mass is 459 g/mol. The highest BCUT2D eigenvalue weighted by Gasteiger charge is 2.28. The predicted molar refractivity (Wildman–Crippen MR) is 119 cm³/mol. The minimum atomic E-state index is -4.20. The topological polar surface area (TPSA) is 78.8 Å². The zero-order valence-corrected chi connectivity index (χ0v) is 18.1. The molecule has 1 amide bonds. The van der Waals surface area contributed by atoms with Crippen LogP contribution in [-0.4, -0.2) is 26.6 Å². The lowest BCUT2D eigenvalue weighted by atomic mass is 10.1. The lowest BCUT2D eigenvalue weighted by Gasteiger charge is -2.24. The van der Waals surface area contributed by atoms with Crippen LogP contribution >= 0.6 is 11.6 Å². The largest absolute Gasteiger partial charge is 0.271 e. The molecule has 31 heavy (non-hydrogen) atoms. The molecule has 1 N–H and O–H groups in total. The maximum atomic E-state index is 14.4. The first-order valence-electron chi connectivity index (χ1n) is 9.20. The summed E-state index contributed by atoms with van der Waals surface area (Å²) in [6, 6.07) is 19.7. The number of benzene rings is 3. The molecular weight excluding hydrogens is 441 g/mol. The van der Waals surface area contributed by atoms with Crippen LogP contribution in [0, 0.1) is 5.82 Å². The second-order valence-electron chi connectivity index (χ2n) is 6.52. The van der Waals surface area contributed by atoms with Crippen LogP contribution in [-0.2, 0) is 14.8 Å². The smallest absolute Gasteiger partial charge is 0.264 e. The highest BCUT2D eigenvalue weighted by atomic mass is 35.5. The summed E-state index contributed by atoms with van der Waals surface area (Å²) >= 11 is 5.86. The average Bonchev–Trinajstić information content (AvgIpc) is 2.77. The van der Waals surface area contributed by atoms with E-state index in [0.717, 1.165) is 15.9 Å². The second-order valence-corrected chi connectivity index (χ2v) is 8.81. The van der Waals surface area contributed by atoms with Crippen LogP contribution in [0.2, 0.25) is 5.02 Å². The van der Waals surface area contributed by atoms with Crippen LogP contribution in [0.15, 0.2) is 88.9 Å². The Morgan fingerprint density at radius 1 is 1.00 bits per heavy atom. The van der Waals surface area contributed by atoms with E-state index in [1.165, 1.54) is 30.3 Å². The molecule has 0 aromatic heterocycles. The fourth-order valence-electron chi connectivity index (χ4n) is 2.74. The molecule has 0 radical (unpaired) electrons. The Bertz CT molecular complexity index is 1200. The van der Waals surface area contributed by atoms with Gasteiger partial charge in [-0.25, -0.2) is 18.2 Å². The molecule has 0 fully saturated rings. The fourth-order valence-corrected chi connectivity index (χ4v) is 4.32. The molecule has 3 aromatic carbocycles. The van der Waals surface area contributed by atoms with Gasteiger partial charge in [0.25, 0.3) is 15.9 Å². The zero-order chi connectivity index (χ0) is 22.4. The van der Waals surface area contributed by atoms with E-state index >= 15 is 0 Å². The minimum Gasteiger partial charge on any atom is -0.271 e. The first kappa shape index (κ1) is 22.5. The number of amides is 1. The second kappa shape index (κ2) is 9.72. The van der Waals surface area contributed by atoms with Gasteiger partial charge in [-0.15, -0.1) is 0 Å². The van der Waals surface area contributed by atoms with E-state index in [9.17, 15) is 17.6 Å². The Kier molecular flexibility index (Phi) is 7.04. The van der Waals surface area contributed by atoms with Crippen molar-refractivity contribution < 1.29 is 17.6 Å². The number of para-hydroxylation sites is 1. The predicted octanol–water partition coefficient (Wildman–Crippen LogP) is 4.21. The molecule has 3 rings (SSSR count). The van der Waals surface area contributed by atoms with Gasteiger partial charge in [-0.1, -0.05) is 54.1 Å². The Hall–Kier alpha value is -3.23. The molecule has 160 valence electrons. The van der Waals surface area contributed by atoms with Gasteiger partial charge >= 0.3 is 0 Å². The first-order chi connectivity index (χ1) is 14.8. The van der Waals surface area contributed by atoms with Crippen molar-refractivity contribution in [2.75, 3.05) is 10.8 Å². The van der Waals surface area contributed by atoms with Gasteiger partial charge in [0.05, 0.1) is 16.3 Å². The molecule has 0 aliphatic rings. The Morgan fingerprint density at radius 3 is 2.26 bits per heavy atom. The van der Waals surface area contributed by atoms with Gasteiger partial charge in [0.2, 0.25) is 0 Å². The van der Waals surface area contributed by atoms with Gasteiger partial charge in [-0.2, -0.15) is 5.10 Å². The number of carbonyl (C=O) groups excluding carboxylic acids is 1. The summed E-state index contributed by atoms with van der Waals surface area (Å²) in [5.41, 5.74) is 3.31. The Balaban J connectivity index is 1.87. The van der Waals surface area contributed by atoms with E-state index in [0.29, 0.717) is 10.7 Å². The van der Waals surface area contributed by atoms with E-state index < -0.39 is 28.3 Å². The Labute approximate surface area is 185 Å². The highest BCUT2D eigenvalue weighted by Crippen LogP contribution is 2.25. The molecule has 0 heterocycles. The average molecular weight is 460 g/mol. The molecule has 3 aromatic rings. The van der Waals surface area contributed by atoms with Crippen molar-refractivity contribution in [1.29, 1.82) is 0 Å². The number of carbonyl (C=O) groups is 1.